The van der Waals surface area contributed by atoms with Crippen LogP contribution in [0.15, 0.2) is 42.9 Å². The Labute approximate surface area is 257 Å². The van der Waals surface area contributed by atoms with Crippen molar-refractivity contribution >= 4 is 50.1 Å². The van der Waals surface area contributed by atoms with Gasteiger partial charge in [0.1, 0.15) is 0 Å². The Morgan fingerprint density at radius 2 is 1.91 bits per heavy atom. The van der Waals surface area contributed by atoms with Crippen LogP contribution in [0.4, 0.5) is 11.8 Å². The number of carbonyl (C=O) groups is 1. The van der Waals surface area contributed by atoms with Gasteiger partial charge in [0.2, 0.25) is 5.95 Å². The fraction of sp³-hybridized carbons (Fsp3) is 0.400. The number of rotatable bonds is 8. The van der Waals surface area contributed by atoms with Gasteiger partial charge in [-0.15, -0.1) is 11.3 Å². The minimum Gasteiger partial charge on any atom is -0.378 e. The van der Waals surface area contributed by atoms with E-state index < -0.39 is 5.91 Å². The molecule has 228 valence electrons. The summed E-state index contributed by atoms with van der Waals surface area (Å²) in [5, 5.41) is 17.1. The Hall–Kier alpha value is -4.24. The van der Waals surface area contributed by atoms with Crippen LogP contribution in [0.2, 0.25) is 0 Å². The average Bonchev–Trinajstić information content (AvgIpc) is 3.71. The summed E-state index contributed by atoms with van der Waals surface area (Å²) in [6.45, 7) is 6.55. The zero-order valence-corrected chi connectivity index (χ0v) is 25.3. The maximum absolute atomic E-state index is 11.6. The number of nitrogens with one attached hydrogen (secondary N) is 2. The number of anilines is 2. The maximum atomic E-state index is 11.6. The first kappa shape index (κ1) is 28.5. The van der Waals surface area contributed by atoms with E-state index in [1.165, 1.54) is 17.3 Å². The second-order valence-electron chi connectivity index (χ2n) is 11.4. The number of hydrogen-bond acceptors (Lipinski definition) is 12. The molecule has 0 bridgehead atoms. The highest BCUT2D eigenvalue weighted by Gasteiger charge is 2.24. The monoisotopic (exact) mass is 614 g/mol. The molecule has 2 aliphatic rings. The Morgan fingerprint density at radius 3 is 2.68 bits per heavy atom. The summed E-state index contributed by atoms with van der Waals surface area (Å²) in [7, 11) is 2.18. The molecule has 4 aromatic heterocycles. The molecule has 13 nitrogen and oxygen atoms in total. The molecule has 0 saturated carbocycles. The fourth-order valence-corrected chi connectivity index (χ4v) is 7.26. The number of carbonyl (C=O) groups excluding carboxylic acids is 1. The normalized spacial score (nSPS) is 16.3. The van der Waals surface area contributed by atoms with Crippen LogP contribution in [0, 0.1) is 5.92 Å². The zero-order chi connectivity index (χ0) is 30.0. The minimum atomic E-state index is -0.617. The van der Waals surface area contributed by atoms with Gasteiger partial charge in [-0.05, 0) is 37.9 Å². The maximum Gasteiger partial charge on any atom is 0.277 e. The second kappa shape index (κ2) is 12.4. The quantitative estimate of drug-likeness (QED) is 0.175. The largest absolute Gasteiger partial charge is 0.378 e. The van der Waals surface area contributed by atoms with Crippen molar-refractivity contribution in [1.29, 1.82) is 0 Å². The van der Waals surface area contributed by atoms with Crippen molar-refractivity contribution in [2.24, 2.45) is 5.92 Å². The number of aromatic amines is 1. The van der Waals surface area contributed by atoms with Crippen molar-refractivity contribution in [1.82, 2.24) is 40.5 Å². The number of fused-ring (bicyclic) bond motifs is 2. The van der Waals surface area contributed by atoms with E-state index >= 15 is 0 Å². The molecule has 2 fully saturated rings. The summed E-state index contributed by atoms with van der Waals surface area (Å²) < 4.78 is 6.76. The van der Waals surface area contributed by atoms with Crippen molar-refractivity contribution in [2.45, 2.75) is 19.4 Å². The van der Waals surface area contributed by atoms with Crippen molar-refractivity contribution in [3.05, 3.63) is 53.3 Å². The third kappa shape index (κ3) is 5.80. The van der Waals surface area contributed by atoms with Gasteiger partial charge in [0, 0.05) is 67.5 Å². The molecular weight excluding hydrogens is 580 g/mol. The topological polar surface area (TPSA) is 149 Å². The molecule has 0 spiro atoms. The Kier molecular flexibility index (Phi) is 8.04. The Bertz CT molecular complexity index is 1760. The summed E-state index contributed by atoms with van der Waals surface area (Å²) in [6.07, 6.45) is 6.79. The predicted octanol–water partition coefficient (Wildman–Crippen LogP) is 3.33. The lowest BCUT2D eigenvalue weighted by Gasteiger charge is -2.33. The van der Waals surface area contributed by atoms with Gasteiger partial charge < -0.3 is 19.4 Å². The molecule has 5 aromatic rings. The van der Waals surface area contributed by atoms with Crippen LogP contribution >= 0.6 is 11.3 Å². The van der Waals surface area contributed by atoms with Gasteiger partial charge in [-0.25, -0.2) is 25.4 Å². The van der Waals surface area contributed by atoms with Crippen molar-refractivity contribution in [3.63, 3.8) is 0 Å². The molecular formula is C30H34N10O3S. The predicted molar refractivity (Wildman–Crippen MR) is 168 cm³/mol. The highest BCUT2D eigenvalue weighted by atomic mass is 32.1. The highest BCUT2D eigenvalue weighted by molar-refractivity contribution is 7.19. The van der Waals surface area contributed by atoms with Gasteiger partial charge in [0.25, 0.3) is 5.91 Å². The van der Waals surface area contributed by atoms with Crippen LogP contribution in [0.3, 0.4) is 0 Å². The van der Waals surface area contributed by atoms with Crippen LogP contribution in [-0.2, 0) is 11.3 Å². The summed E-state index contributed by atoms with van der Waals surface area (Å²) in [5.74, 6) is 2.25. The number of morpholine rings is 1. The molecule has 1 amide bonds. The molecule has 0 atom stereocenters. The number of aromatic nitrogens is 6. The smallest absolute Gasteiger partial charge is 0.277 e. The average molecular weight is 615 g/mol. The first-order valence-electron chi connectivity index (χ1n) is 14.8. The second-order valence-corrected chi connectivity index (χ2v) is 12.5. The van der Waals surface area contributed by atoms with Crippen molar-refractivity contribution in [3.8, 4) is 11.4 Å². The van der Waals surface area contributed by atoms with E-state index in [1.54, 1.807) is 16.8 Å². The first-order chi connectivity index (χ1) is 21.6. The van der Waals surface area contributed by atoms with Gasteiger partial charge in [-0.3, -0.25) is 15.1 Å². The standard InChI is InChI=1S/C30H34N10O3S/c1-38(17-19-5-7-40(8-6-19)30-31-14-20(15-32-30)29(41)37-42)18-21-13-25-26(44-21)28(39-9-11-43-12-10-39)35-27(34-25)22-3-2-4-24-23(22)16-33-36-24/h2-4,13-16,19,42H,5-12,17-18H2,1H3,(H,33,36)(H,37,41). The molecule has 0 aliphatic carbocycles. The summed E-state index contributed by atoms with van der Waals surface area (Å²) in [4.78, 5) is 38.5. The van der Waals surface area contributed by atoms with Crippen molar-refractivity contribution in [2.75, 3.05) is 62.8 Å². The van der Waals surface area contributed by atoms with Gasteiger partial charge >= 0.3 is 0 Å². The highest BCUT2D eigenvalue weighted by Crippen LogP contribution is 2.36. The molecule has 0 unspecified atom stereocenters. The van der Waals surface area contributed by atoms with E-state index in [4.69, 9.17) is 19.9 Å². The Balaban J connectivity index is 1.05. The van der Waals surface area contributed by atoms with E-state index in [0.29, 0.717) is 30.9 Å². The van der Waals surface area contributed by atoms with E-state index in [-0.39, 0.29) is 5.56 Å². The van der Waals surface area contributed by atoms with Crippen LogP contribution in [0.1, 0.15) is 28.1 Å². The molecule has 1 aromatic carbocycles. The van der Waals surface area contributed by atoms with Crippen molar-refractivity contribution < 1.29 is 14.7 Å². The number of benzene rings is 1. The SMILES string of the molecule is CN(Cc1cc2nc(-c3cccc4[nH]ncc34)nc(N3CCOCC3)c2s1)CC1CCN(c2ncc(C(=O)NO)cn2)CC1. The number of thiophene rings is 1. The third-order valence-electron chi connectivity index (χ3n) is 8.34. The van der Waals surface area contributed by atoms with Gasteiger partial charge in [-0.2, -0.15) is 5.10 Å². The van der Waals surface area contributed by atoms with E-state index in [0.717, 1.165) is 84.6 Å². The summed E-state index contributed by atoms with van der Waals surface area (Å²) >= 11 is 1.78. The van der Waals surface area contributed by atoms with E-state index in [9.17, 15) is 4.79 Å². The molecule has 44 heavy (non-hydrogen) atoms. The van der Waals surface area contributed by atoms with E-state index in [2.05, 4.69) is 54.0 Å². The molecule has 3 N–H and O–H groups in total. The molecule has 0 radical (unpaired) electrons. The van der Waals surface area contributed by atoms with Crippen LogP contribution in [-0.4, -0.2) is 99.1 Å². The van der Waals surface area contributed by atoms with Gasteiger partial charge in [0.05, 0.1) is 40.7 Å². The minimum absolute atomic E-state index is 0.226. The van der Waals surface area contributed by atoms with E-state index in [1.807, 2.05) is 18.3 Å². The number of ether oxygens (including phenoxy) is 1. The van der Waals surface area contributed by atoms with Crippen LogP contribution < -0.4 is 15.3 Å². The summed E-state index contributed by atoms with van der Waals surface area (Å²) in [6, 6.07) is 8.31. The molecule has 7 rings (SSSR count). The molecule has 2 saturated heterocycles. The fourth-order valence-electron chi connectivity index (χ4n) is 6.07. The molecule has 14 heteroatoms. The number of hydrogen-bond donors (Lipinski definition) is 3. The van der Waals surface area contributed by atoms with Gasteiger partial charge in [-0.1, -0.05) is 12.1 Å². The number of amides is 1. The molecule has 2 aliphatic heterocycles. The third-order valence-corrected chi connectivity index (χ3v) is 9.44. The number of H-pyrrole nitrogens is 1. The lowest BCUT2D eigenvalue weighted by atomic mass is 9.96. The Morgan fingerprint density at radius 1 is 1.11 bits per heavy atom. The summed E-state index contributed by atoms with van der Waals surface area (Å²) in [5.41, 5.74) is 4.75. The first-order valence-corrected chi connectivity index (χ1v) is 15.6. The van der Waals surface area contributed by atoms with Crippen LogP contribution in [0.25, 0.3) is 32.5 Å². The van der Waals surface area contributed by atoms with Crippen LogP contribution in [0.5, 0.6) is 0 Å². The van der Waals surface area contributed by atoms with Gasteiger partial charge in [0.15, 0.2) is 11.6 Å². The number of piperidine rings is 1. The number of hydroxylamine groups is 1. The molecule has 6 heterocycles. The lowest BCUT2D eigenvalue weighted by Crippen LogP contribution is -2.38. The zero-order valence-electron chi connectivity index (χ0n) is 24.4. The number of nitrogens with zero attached hydrogens (tertiary/aromatic N) is 8. The lowest BCUT2D eigenvalue weighted by molar-refractivity contribution is 0.0705.